The molecular formula is C36H35N3O3. The third-order valence-electron chi connectivity index (χ3n) is 7.67. The van der Waals surface area contributed by atoms with Crippen LogP contribution in [0.25, 0.3) is 27.5 Å². The maximum absolute atomic E-state index is 13.2. The summed E-state index contributed by atoms with van der Waals surface area (Å²) in [5, 5.41) is 10.2. The summed E-state index contributed by atoms with van der Waals surface area (Å²) in [5.41, 5.74) is 7.49. The molecule has 0 aliphatic carbocycles. The Morgan fingerprint density at radius 3 is 2.26 bits per heavy atom. The molecule has 0 aliphatic rings. The molecule has 2 aromatic carbocycles. The minimum absolute atomic E-state index is 0.0186. The summed E-state index contributed by atoms with van der Waals surface area (Å²) in [6, 6.07) is 27.5. The van der Waals surface area contributed by atoms with Gasteiger partial charge in [0.15, 0.2) is 0 Å². The van der Waals surface area contributed by atoms with E-state index >= 15 is 0 Å². The minimum Gasteiger partial charge on any atom is -0.478 e. The van der Waals surface area contributed by atoms with Crippen LogP contribution >= 0.6 is 0 Å². The highest BCUT2D eigenvalue weighted by Crippen LogP contribution is 2.30. The van der Waals surface area contributed by atoms with Gasteiger partial charge in [-0.25, -0.2) is 4.79 Å². The zero-order valence-corrected chi connectivity index (χ0v) is 24.4. The predicted molar refractivity (Wildman–Crippen MR) is 168 cm³/mol. The molecule has 0 amide bonds. The van der Waals surface area contributed by atoms with Crippen LogP contribution in [0.3, 0.4) is 0 Å². The Balaban J connectivity index is 0.000000187. The smallest absolute Gasteiger partial charge is 0.338 e. The van der Waals surface area contributed by atoms with Gasteiger partial charge < -0.3 is 14.1 Å². The van der Waals surface area contributed by atoms with E-state index in [4.69, 9.17) is 0 Å². The van der Waals surface area contributed by atoms with Crippen LogP contribution in [0.4, 0.5) is 0 Å². The van der Waals surface area contributed by atoms with Crippen LogP contribution in [0.15, 0.2) is 104 Å². The molecule has 0 saturated heterocycles. The van der Waals surface area contributed by atoms with Gasteiger partial charge in [0.2, 0.25) is 5.78 Å². The summed E-state index contributed by atoms with van der Waals surface area (Å²) in [6.07, 6.45) is 6.73. The standard InChI is InChI=1S/C21H22N2O3.C15H13N/c1-13(2)10-12-23-14(3)18(15-7-4-5-9-17(15)23)20(24)19-16(21(25)26)8-6-11-22-19;1-12-14(13-7-3-2-4-8-13)11-16-10-6-5-9-15(12)16/h4-9,11,13H,10,12H2,1-3H3,(H,25,26);2-11H,1H3. The molecule has 0 bridgehead atoms. The van der Waals surface area contributed by atoms with E-state index in [1.54, 1.807) is 0 Å². The van der Waals surface area contributed by atoms with Crippen molar-refractivity contribution >= 4 is 28.2 Å². The second kappa shape index (κ2) is 12.3. The monoisotopic (exact) mass is 557 g/mol. The lowest BCUT2D eigenvalue weighted by Gasteiger charge is -2.10. The lowest BCUT2D eigenvalue weighted by Crippen LogP contribution is -2.13. The van der Waals surface area contributed by atoms with E-state index < -0.39 is 5.97 Å². The first-order valence-corrected chi connectivity index (χ1v) is 14.2. The highest BCUT2D eigenvalue weighted by molar-refractivity contribution is 6.19. The zero-order valence-electron chi connectivity index (χ0n) is 24.4. The Labute approximate surface area is 245 Å². The number of hydrogen-bond donors (Lipinski definition) is 1. The van der Waals surface area contributed by atoms with Crippen molar-refractivity contribution in [1.29, 1.82) is 0 Å². The fourth-order valence-electron chi connectivity index (χ4n) is 5.44. The van der Waals surface area contributed by atoms with Crippen molar-refractivity contribution in [3.05, 3.63) is 132 Å². The minimum atomic E-state index is -1.15. The molecule has 6 rings (SSSR count). The van der Waals surface area contributed by atoms with E-state index in [0.717, 1.165) is 29.6 Å². The number of hydrogen-bond acceptors (Lipinski definition) is 3. The van der Waals surface area contributed by atoms with Gasteiger partial charge in [0.1, 0.15) is 5.69 Å². The second-order valence-corrected chi connectivity index (χ2v) is 10.9. The average Bonchev–Trinajstić information content (AvgIpc) is 3.49. The fraction of sp³-hybridized carbons (Fsp3) is 0.194. The number of nitrogens with zero attached hydrogens (tertiary/aromatic N) is 3. The summed E-state index contributed by atoms with van der Waals surface area (Å²) in [4.78, 5) is 28.8. The summed E-state index contributed by atoms with van der Waals surface area (Å²) in [5.74, 6) is -0.952. The first kappa shape index (κ1) is 28.6. The van der Waals surface area contributed by atoms with Crippen LogP contribution in [0.2, 0.25) is 0 Å². The van der Waals surface area contributed by atoms with Crippen LogP contribution in [0.1, 0.15) is 57.9 Å². The number of aromatic carboxylic acids is 1. The Hall–Kier alpha value is -4.97. The third-order valence-corrected chi connectivity index (χ3v) is 7.67. The van der Waals surface area contributed by atoms with Crippen molar-refractivity contribution in [2.24, 2.45) is 5.92 Å². The highest BCUT2D eigenvalue weighted by Gasteiger charge is 2.25. The van der Waals surface area contributed by atoms with Gasteiger partial charge in [-0.05, 0) is 67.6 Å². The van der Waals surface area contributed by atoms with E-state index in [1.165, 1.54) is 40.5 Å². The topological polar surface area (TPSA) is 76.6 Å². The van der Waals surface area contributed by atoms with Gasteiger partial charge in [0.05, 0.1) is 11.1 Å². The number of carbonyl (C=O) groups excluding carboxylic acids is 1. The molecule has 6 heteroatoms. The van der Waals surface area contributed by atoms with Gasteiger partial charge in [-0.1, -0.05) is 68.4 Å². The van der Waals surface area contributed by atoms with Gasteiger partial charge in [-0.15, -0.1) is 0 Å². The molecule has 4 heterocycles. The fourth-order valence-corrected chi connectivity index (χ4v) is 5.44. The summed E-state index contributed by atoms with van der Waals surface area (Å²) >= 11 is 0. The van der Waals surface area contributed by atoms with Gasteiger partial charge >= 0.3 is 5.97 Å². The lowest BCUT2D eigenvalue weighted by atomic mass is 10.0. The van der Waals surface area contributed by atoms with Gasteiger partial charge in [-0.2, -0.15) is 0 Å². The van der Waals surface area contributed by atoms with Crippen molar-refractivity contribution < 1.29 is 14.7 Å². The molecule has 0 fully saturated rings. The van der Waals surface area contributed by atoms with Gasteiger partial charge in [0.25, 0.3) is 0 Å². The molecule has 0 radical (unpaired) electrons. The van der Waals surface area contributed by atoms with Crippen LogP contribution < -0.4 is 0 Å². The SMILES string of the molecule is Cc1c(-c2ccccc2)cn2ccccc12.Cc1c(C(=O)c2ncccc2C(=O)O)c2ccccc2n1CCC(C)C. The van der Waals surface area contributed by atoms with Crippen molar-refractivity contribution in [3.8, 4) is 11.1 Å². The number of para-hydroxylation sites is 1. The van der Waals surface area contributed by atoms with E-state index in [1.807, 2.05) is 31.2 Å². The highest BCUT2D eigenvalue weighted by atomic mass is 16.4. The molecule has 212 valence electrons. The maximum Gasteiger partial charge on any atom is 0.338 e. The quantitative estimate of drug-likeness (QED) is 0.201. The predicted octanol–water partition coefficient (Wildman–Crippen LogP) is 8.23. The van der Waals surface area contributed by atoms with Crippen molar-refractivity contribution in [2.45, 2.75) is 40.7 Å². The molecule has 0 spiro atoms. The number of ketones is 1. The Morgan fingerprint density at radius 1 is 0.857 bits per heavy atom. The molecule has 42 heavy (non-hydrogen) atoms. The summed E-state index contributed by atoms with van der Waals surface area (Å²) in [6.45, 7) is 9.24. The van der Waals surface area contributed by atoms with Crippen molar-refractivity contribution in [2.75, 3.05) is 0 Å². The number of benzene rings is 2. The number of pyridine rings is 2. The molecule has 0 saturated carbocycles. The first-order chi connectivity index (χ1) is 20.3. The van der Waals surface area contributed by atoms with Crippen molar-refractivity contribution in [1.82, 2.24) is 14.0 Å². The zero-order chi connectivity index (χ0) is 29.8. The number of carbonyl (C=O) groups is 2. The Kier molecular flexibility index (Phi) is 8.34. The van der Waals surface area contributed by atoms with E-state index in [2.05, 4.69) is 95.6 Å². The third kappa shape index (κ3) is 5.61. The molecule has 0 aliphatic heterocycles. The van der Waals surface area contributed by atoms with Crippen molar-refractivity contribution in [3.63, 3.8) is 0 Å². The number of rotatable bonds is 7. The van der Waals surface area contributed by atoms with Crippen LogP contribution in [-0.4, -0.2) is 30.8 Å². The van der Waals surface area contributed by atoms with Crippen LogP contribution in [0, 0.1) is 19.8 Å². The van der Waals surface area contributed by atoms with E-state index in [-0.39, 0.29) is 17.0 Å². The first-order valence-electron chi connectivity index (χ1n) is 14.2. The van der Waals surface area contributed by atoms with Gasteiger partial charge in [-0.3, -0.25) is 9.78 Å². The number of aryl methyl sites for hydroxylation is 2. The maximum atomic E-state index is 13.2. The average molecular weight is 558 g/mol. The summed E-state index contributed by atoms with van der Waals surface area (Å²) < 4.78 is 4.32. The Bertz CT molecular complexity index is 1880. The molecular weight excluding hydrogens is 522 g/mol. The lowest BCUT2D eigenvalue weighted by molar-refractivity contribution is 0.0692. The molecule has 6 aromatic rings. The molecule has 1 N–H and O–H groups in total. The van der Waals surface area contributed by atoms with Crippen LogP contribution in [-0.2, 0) is 6.54 Å². The number of carboxylic acids is 1. The van der Waals surface area contributed by atoms with Gasteiger partial charge in [0, 0.05) is 52.8 Å². The second-order valence-electron chi connectivity index (χ2n) is 10.9. The number of fused-ring (bicyclic) bond motifs is 2. The molecule has 0 atom stereocenters. The number of aromatic nitrogens is 3. The van der Waals surface area contributed by atoms with Crippen LogP contribution in [0.5, 0.6) is 0 Å². The Morgan fingerprint density at radius 2 is 1.55 bits per heavy atom. The normalized spacial score (nSPS) is 11.1. The number of carboxylic acid groups (broad SMARTS) is 1. The summed E-state index contributed by atoms with van der Waals surface area (Å²) in [7, 11) is 0. The molecule has 6 nitrogen and oxygen atoms in total. The largest absolute Gasteiger partial charge is 0.478 e. The molecule has 0 unspecified atom stereocenters. The van der Waals surface area contributed by atoms with E-state index in [0.29, 0.717) is 11.5 Å². The molecule has 4 aromatic heterocycles. The van der Waals surface area contributed by atoms with E-state index in [9.17, 15) is 14.7 Å².